The van der Waals surface area contributed by atoms with E-state index in [1.54, 1.807) is 0 Å². The molecule has 2 rings (SSSR count). The number of benzene rings is 1. The average molecular weight is 341 g/mol. The van der Waals surface area contributed by atoms with Gasteiger partial charge in [0.2, 0.25) is 0 Å². The first-order valence-electron chi connectivity index (χ1n) is 6.20. The van der Waals surface area contributed by atoms with Gasteiger partial charge in [-0.1, -0.05) is 18.2 Å². The number of likely N-dealkylation sites (tertiary alicyclic amines) is 1. The Morgan fingerprint density at radius 3 is 2.22 bits per heavy atom. The number of carbonyl (C=O) groups excluding carboxylic acids is 1. The molecule has 0 spiro atoms. The lowest BCUT2D eigenvalue weighted by molar-refractivity contribution is -0.197. The molecule has 2 atom stereocenters. The molecule has 0 saturated carbocycles. The van der Waals surface area contributed by atoms with Crippen molar-refractivity contribution in [3.05, 3.63) is 35.4 Å². The van der Waals surface area contributed by atoms with Crippen LogP contribution in [0, 0.1) is 0 Å². The highest BCUT2D eigenvalue weighted by Gasteiger charge is 2.55. The number of carboxylic acids is 1. The minimum Gasteiger partial charge on any atom is -0.480 e. The maximum absolute atomic E-state index is 12.6. The topological polar surface area (TPSA) is 57.6 Å². The SMILES string of the molecule is O=C(O)[C@@H]1[C@@H](c2cccc(C(F)(F)F)c2)CN1C(=O)C(F)(F)F. The second-order valence-electron chi connectivity index (χ2n) is 4.97. The Balaban J connectivity index is 2.29. The lowest BCUT2D eigenvalue weighted by atomic mass is 9.81. The second kappa shape index (κ2) is 5.43. The molecule has 1 amide bonds. The third-order valence-electron chi connectivity index (χ3n) is 3.51. The first-order valence-corrected chi connectivity index (χ1v) is 6.20. The van der Waals surface area contributed by atoms with Crippen molar-refractivity contribution in [2.45, 2.75) is 24.3 Å². The number of hydrogen-bond acceptors (Lipinski definition) is 2. The zero-order valence-corrected chi connectivity index (χ0v) is 11.1. The van der Waals surface area contributed by atoms with Gasteiger partial charge in [-0.15, -0.1) is 0 Å². The number of amides is 1. The van der Waals surface area contributed by atoms with Crippen LogP contribution in [0.2, 0.25) is 0 Å². The summed E-state index contributed by atoms with van der Waals surface area (Å²) in [5.74, 6) is -5.18. The van der Waals surface area contributed by atoms with E-state index in [0.29, 0.717) is 6.07 Å². The van der Waals surface area contributed by atoms with Crippen LogP contribution in [0.5, 0.6) is 0 Å². The zero-order chi connectivity index (χ0) is 17.6. The number of carboxylic acid groups (broad SMARTS) is 1. The molecule has 126 valence electrons. The third-order valence-corrected chi connectivity index (χ3v) is 3.51. The minimum atomic E-state index is -5.24. The van der Waals surface area contributed by atoms with Crippen molar-refractivity contribution in [1.82, 2.24) is 4.90 Å². The third kappa shape index (κ3) is 3.25. The largest absolute Gasteiger partial charge is 0.480 e. The van der Waals surface area contributed by atoms with Crippen LogP contribution in [0.4, 0.5) is 26.3 Å². The summed E-state index contributed by atoms with van der Waals surface area (Å²) in [5, 5.41) is 9.00. The summed E-state index contributed by atoms with van der Waals surface area (Å²) in [7, 11) is 0. The highest BCUT2D eigenvalue weighted by atomic mass is 19.4. The molecule has 0 bridgehead atoms. The van der Waals surface area contributed by atoms with Crippen LogP contribution < -0.4 is 0 Å². The van der Waals surface area contributed by atoms with Crippen molar-refractivity contribution in [1.29, 1.82) is 0 Å². The maximum atomic E-state index is 12.6. The summed E-state index contributed by atoms with van der Waals surface area (Å²) in [4.78, 5) is 22.3. The summed E-state index contributed by atoms with van der Waals surface area (Å²) in [6, 6.07) is 1.80. The smallest absolute Gasteiger partial charge is 0.471 e. The van der Waals surface area contributed by atoms with Crippen molar-refractivity contribution < 1.29 is 41.0 Å². The van der Waals surface area contributed by atoms with Crippen molar-refractivity contribution in [3.63, 3.8) is 0 Å². The van der Waals surface area contributed by atoms with E-state index in [2.05, 4.69) is 0 Å². The monoisotopic (exact) mass is 341 g/mol. The number of alkyl halides is 6. The van der Waals surface area contributed by atoms with Crippen molar-refractivity contribution in [2.75, 3.05) is 6.54 Å². The van der Waals surface area contributed by atoms with Crippen molar-refractivity contribution in [3.8, 4) is 0 Å². The van der Waals surface area contributed by atoms with Crippen LogP contribution in [-0.4, -0.2) is 40.6 Å². The molecule has 1 aliphatic rings. The minimum absolute atomic E-state index is 0.0848. The first-order chi connectivity index (χ1) is 10.4. The Morgan fingerprint density at radius 1 is 1.13 bits per heavy atom. The van der Waals surface area contributed by atoms with E-state index < -0.39 is 48.3 Å². The van der Waals surface area contributed by atoms with Crippen LogP contribution in [0.1, 0.15) is 17.0 Å². The Bertz CT molecular complexity index is 639. The zero-order valence-electron chi connectivity index (χ0n) is 11.1. The highest BCUT2D eigenvalue weighted by molar-refractivity contribution is 5.89. The first kappa shape index (κ1) is 17.1. The Hall–Kier alpha value is -2.26. The number of hydrogen-bond donors (Lipinski definition) is 1. The van der Waals surface area contributed by atoms with Gasteiger partial charge in [-0.25, -0.2) is 4.79 Å². The van der Waals surface area contributed by atoms with Gasteiger partial charge in [-0.05, 0) is 11.6 Å². The molecule has 0 aliphatic carbocycles. The molecule has 4 nitrogen and oxygen atoms in total. The molecule has 1 aromatic rings. The van der Waals surface area contributed by atoms with Gasteiger partial charge >= 0.3 is 24.2 Å². The fourth-order valence-corrected chi connectivity index (χ4v) is 2.42. The average Bonchev–Trinajstić information content (AvgIpc) is 2.35. The molecule has 1 N–H and O–H groups in total. The van der Waals surface area contributed by atoms with Crippen LogP contribution in [0.15, 0.2) is 24.3 Å². The Labute approximate surface area is 125 Å². The molecule has 0 aromatic heterocycles. The maximum Gasteiger partial charge on any atom is 0.471 e. The van der Waals surface area contributed by atoms with E-state index in [0.717, 1.165) is 12.1 Å². The molecule has 1 fully saturated rings. The molecule has 1 saturated heterocycles. The molecule has 0 unspecified atom stereocenters. The van der Waals surface area contributed by atoms with Gasteiger partial charge < -0.3 is 10.0 Å². The van der Waals surface area contributed by atoms with E-state index in [4.69, 9.17) is 5.11 Å². The quantitative estimate of drug-likeness (QED) is 0.842. The number of halogens is 6. The molecule has 0 radical (unpaired) electrons. The van der Waals surface area contributed by atoms with Gasteiger partial charge in [0.05, 0.1) is 5.56 Å². The summed E-state index contributed by atoms with van der Waals surface area (Å²) in [6.45, 7) is -0.614. The summed E-state index contributed by atoms with van der Waals surface area (Å²) in [6.07, 6.45) is -9.91. The number of carbonyl (C=O) groups is 2. The lowest BCUT2D eigenvalue weighted by Crippen LogP contribution is -2.63. The number of rotatable bonds is 2. The highest BCUT2D eigenvalue weighted by Crippen LogP contribution is 2.39. The van der Waals surface area contributed by atoms with Gasteiger partial charge in [0.15, 0.2) is 0 Å². The van der Waals surface area contributed by atoms with Crippen molar-refractivity contribution in [2.24, 2.45) is 0 Å². The summed E-state index contributed by atoms with van der Waals surface area (Å²) >= 11 is 0. The van der Waals surface area contributed by atoms with E-state index in [9.17, 15) is 35.9 Å². The van der Waals surface area contributed by atoms with E-state index in [1.165, 1.54) is 6.07 Å². The van der Waals surface area contributed by atoms with E-state index >= 15 is 0 Å². The normalized spacial score (nSPS) is 21.7. The van der Waals surface area contributed by atoms with Gasteiger partial charge in [-0.3, -0.25) is 4.79 Å². The predicted molar refractivity (Wildman–Crippen MR) is 63.4 cm³/mol. The van der Waals surface area contributed by atoms with Gasteiger partial charge in [0.1, 0.15) is 6.04 Å². The molecule has 10 heteroatoms. The van der Waals surface area contributed by atoms with Crippen LogP contribution in [0.3, 0.4) is 0 Å². The van der Waals surface area contributed by atoms with Gasteiger partial charge in [0, 0.05) is 12.5 Å². The molecule has 23 heavy (non-hydrogen) atoms. The van der Waals surface area contributed by atoms with E-state index in [1.807, 2.05) is 0 Å². The predicted octanol–water partition coefficient (Wildman–Crippen LogP) is 2.65. The standard InChI is InChI=1S/C13H9F6NO3/c14-12(15,16)7-3-1-2-6(4-7)8-5-20(9(8)10(21)22)11(23)13(17,18)19/h1-4,8-9H,5H2,(H,21,22)/t8-,9+/m1/s1. The van der Waals surface area contributed by atoms with Gasteiger partial charge in [0.25, 0.3) is 0 Å². The number of aliphatic carboxylic acids is 1. The Kier molecular flexibility index (Phi) is 4.03. The Morgan fingerprint density at radius 2 is 1.74 bits per heavy atom. The fourth-order valence-electron chi connectivity index (χ4n) is 2.42. The lowest BCUT2D eigenvalue weighted by Gasteiger charge is -2.45. The molecule has 1 aromatic carbocycles. The van der Waals surface area contributed by atoms with E-state index in [-0.39, 0.29) is 10.5 Å². The fraction of sp³-hybridized carbons (Fsp3) is 0.385. The second-order valence-corrected chi connectivity index (χ2v) is 4.97. The van der Waals surface area contributed by atoms with Crippen LogP contribution in [-0.2, 0) is 15.8 Å². The molecular formula is C13H9F6NO3. The van der Waals surface area contributed by atoms with Crippen LogP contribution >= 0.6 is 0 Å². The molecule has 1 aliphatic heterocycles. The summed E-state index contributed by atoms with van der Waals surface area (Å²) in [5.41, 5.74) is -1.13. The number of nitrogens with zero attached hydrogens (tertiary/aromatic N) is 1. The van der Waals surface area contributed by atoms with Crippen LogP contribution in [0.25, 0.3) is 0 Å². The summed E-state index contributed by atoms with van der Waals surface area (Å²) < 4.78 is 75.0. The molecule has 1 heterocycles. The molecular weight excluding hydrogens is 332 g/mol. The van der Waals surface area contributed by atoms with Crippen molar-refractivity contribution >= 4 is 11.9 Å². The van der Waals surface area contributed by atoms with Gasteiger partial charge in [-0.2, -0.15) is 26.3 Å².